The van der Waals surface area contributed by atoms with E-state index in [1.54, 1.807) is 19.4 Å². The largest absolute Gasteiger partial charge is 0.609 e. The Hall–Kier alpha value is -2.50. The highest BCUT2D eigenvalue weighted by molar-refractivity contribution is 7.90. The van der Waals surface area contributed by atoms with Gasteiger partial charge in [0.25, 0.3) is 0 Å². The van der Waals surface area contributed by atoms with Crippen molar-refractivity contribution >= 4 is 22.2 Å². The van der Waals surface area contributed by atoms with Gasteiger partial charge in [0.05, 0.1) is 23.3 Å². The summed E-state index contributed by atoms with van der Waals surface area (Å²) in [6, 6.07) is 5.43. The number of hydrogen-bond acceptors (Lipinski definition) is 6. The normalized spacial score (nSPS) is 12.9. The van der Waals surface area contributed by atoms with Crippen molar-refractivity contribution in [2.75, 3.05) is 20.3 Å². The summed E-state index contributed by atoms with van der Waals surface area (Å²) in [5.74, 6) is 0.327. The van der Waals surface area contributed by atoms with E-state index in [2.05, 4.69) is 19.7 Å². The lowest BCUT2D eigenvalue weighted by Gasteiger charge is -2.12. The fourth-order valence-electron chi connectivity index (χ4n) is 2.71. The Morgan fingerprint density at radius 2 is 2.00 bits per heavy atom. The van der Waals surface area contributed by atoms with E-state index in [-0.39, 0.29) is 16.4 Å². The number of pyridine rings is 1. The molecule has 0 radical (unpaired) electrons. The molecule has 0 spiro atoms. The molecule has 11 heteroatoms. The molecule has 1 aromatic carbocycles. The fourth-order valence-corrected chi connectivity index (χ4v) is 3.81. The van der Waals surface area contributed by atoms with Crippen molar-refractivity contribution < 1.29 is 31.9 Å². The van der Waals surface area contributed by atoms with Crippen LogP contribution < -0.4 is 9.47 Å². The molecule has 3 aromatic rings. The zero-order valence-electron chi connectivity index (χ0n) is 16.3. The Morgan fingerprint density at radius 3 is 2.73 bits per heavy atom. The van der Waals surface area contributed by atoms with Gasteiger partial charge in [0.15, 0.2) is 5.75 Å². The van der Waals surface area contributed by atoms with Gasteiger partial charge < -0.3 is 18.8 Å². The second-order valence-electron chi connectivity index (χ2n) is 6.33. The number of ether oxygens (including phenoxy) is 3. The van der Waals surface area contributed by atoms with Crippen molar-refractivity contribution in [2.45, 2.75) is 30.6 Å². The van der Waals surface area contributed by atoms with Gasteiger partial charge in [0.1, 0.15) is 11.5 Å². The van der Waals surface area contributed by atoms with E-state index in [1.807, 2.05) is 6.92 Å². The topological polar surface area (TPSA) is 92.3 Å². The number of alkyl halides is 3. The maximum atomic E-state index is 12.8. The minimum atomic E-state index is -4.80. The molecule has 2 aromatic heterocycles. The first kappa shape index (κ1) is 22.2. The molecule has 2 heterocycles. The molecule has 0 bridgehead atoms. The van der Waals surface area contributed by atoms with Gasteiger partial charge in [0, 0.05) is 49.1 Å². The Bertz CT molecular complexity index is 997. The van der Waals surface area contributed by atoms with Crippen molar-refractivity contribution in [1.82, 2.24) is 15.0 Å². The molecule has 0 saturated heterocycles. The molecule has 0 aliphatic heterocycles. The third kappa shape index (κ3) is 5.77. The Kier molecular flexibility index (Phi) is 7.06. The van der Waals surface area contributed by atoms with Gasteiger partial charge in [-0.25, -0.2) is 0 Å². The van der Waals surface area contributed by atoms with Crippen LogP contribution in [0.2, 0.25) is 0 Å². The molecule has 1 atom stereocenters. The number of benzene rings is 1. The van der Waals surface area contributed by atoms with Crippen LogP contribution in [0.3, 0.4) is 0 Å². The molecular weight excluding hydrogens is 423 g/mol. The minimum absolute atomic E-state index is 0.0762. The summed E-state index contributed by atoms with van der Waals surface area (Å²) in [6.07, 6.45) is -2.49. The van der Waals surface area contributed by atoms with Gasteiger partial charge in [-0.15, -0.1) is 13.2 Å². The third-order valence-electron chi connectivity index (χ3n) is 4.16. The molecule has 0 aliphatic rings. The predicted molar refractivity (Wildman–Crippen MR) is 104 cm³/mol. The van der Waals surface area contributed by atoms with Crippen molar-refractivity contribution in [3.63, 3.8) is 0 Å². The van der Waals surface area contributed by atoms with Crippen LogP contribution in [0.1, 0.15) is 17.7 Å². The van der Waals surface area contributed by atoms with Crippen LogP contribution >= 0.6 is 0 Å². The summed E-state index contributed by atoms with van der Waals surface area (Å²) in [4.78, 5) is 11.3. The number of nitrogens with zero attached hydrogens (tertiary/aromatic N) is 2. The van der Waals surface area contributed by atoms with Crippen LogP contribution in [-0.4, -0.2) is 46.2 Å². The number of nitrogens with one attached hydrogen (secondary N) is 1. The van der Waals surface area contributed by atoms with E-state index in [9.17, 15) is 17.7 Å². The molecule has 162 valence electrons. The standard InChI is InChI=1S/C19H20F3N3O4S/c1-12-16(23-7-6-17(12)28-9-3-8-27-2)11-30(26)18-24-14-5-4-13(10-15(14)25-18)29-19(20,21)22/h4-7,10H,3,8-9,11H2,1-2H3,(H,24,25). The third-order valence-corrected chi connectivity index (χ3v) is 5.32. The van der Waals surface area contributed by atoms with E-state index in [1.165, 1.54) is 6.07 Å². The van der Waals surface area contributed by atoms with Gasteiger partial charge in [-0.3, -0.25) is 9.97 Å². The number of methoxy groups -OCH3 is 1. The number of fused-ring (bicyclic) bond motifs is 1. The summed E-state index contributed by atoms with van der Waals surface area (Å²) in [7, 11) is 1.62. The predicted octanol–water partition coefficient (Wildman–Crippen LogP) is 3.89. The number of aromatic nitrogens is 3. The van der Waals surface area contributed by atoms with Crippen molar-refractivity contribution in [2.24, 2.45) is 0 Å². The first-order chi connectivity index (χ1) is 14.3. The fraction of sp³-hybridized carbons (Fsp3) is 0.368. The lowest BCUT2D eigenvalue weighted by Crippen LogP contribution is -2.16. The summed E-state index contributed by atoms with van der Waals surface area (Å²) in [6.45, 7) is 2.89. The molecular formula is C19H20F3N3O4S. The molecule has 0 aliphatic carbocycles. The Labute approximate surface area is 173 Å². The van der Waals surface area contributed by atoms with Crippen LogP contribution in [-0.2, 0) is 21.7 Å². The van der Waals surface area contributed by atoms with Gasteiger partial charge in [-0.2, -0.15) is 4.98 Å². The molecule has 0 amide bonds. The molecule has 1 unspecified atom stereocenters. The summed E-state index contributed by atoms with van der Waals surface area (Å²) >= 11 is -1.59. The van der Waals surface area contributed by atoms with Crippen molar-refractivity contribution in [1.29, 1.82) is 0 Å². The first-order valence-corrected chi connectivity index (χ1v) is 10.3. The average Bonchev–Trinajstić information content (AvgIpc) is 3.10. The lowest BCUT2D eigenvalue weighted by molar-refractivity contribution is -0.274. The number of rotatable bonds is 9. The molecule has 0 fully saturated rings. The molecule has 1 N–H and O–H groups in total. The SMILES string of the molecule is COCCCOc1ccnc(C[S+]([O-])c2nc3cc(OC(F)(F)F)ccc3[nH]2)c1C. The zero-order chi connectivity index (χ0) is 21.7. The molecule has 0 saturated carbocycles. The van der Waals surface area contributed by atoms with Crippen LogP contribution in [0.15, 0.2) is 35.6 Å². The van der Waals surface area contributed by atoms with E-state index in [4.69, 9.17) is 9.47 Å². The van der Waals surface area contributed by atoms with Gasteiger partial charge in [0.2, 0.25) is 0 Å². The van der Waals surface area contributed by atoms with E-state index < -0.39 is 23.3 Å². The van der Waals surface area contributed by atoms with Gasteiger partial charge in [-0.05, 0) is 25.1 Å². The molecule has 30 heavy (non-hydrogen) atoms. The Morgan fingerprint density at radius 1 is 1.20 bits per heavy atom. The number of hydrogen-bond donors (Lipinski definition) is 1. The first-order valence-electron chi connectivity index (χ1n) is 8.97. The number of aromatic amines is 1. The maximum Gasteiger partial charge on any atom is 0.573 e. The highest BCUT2D eigenvalue weighted by Gasteiger charge is 2.31. The van der Waals surface area contributed by atoms with Gasteiger partial charge in [-0.1, -0.05) is 0 Å². The second kappa shape index (κ2) is 9.54. The Balaban J connectivity index is 1.72. The number of H-pyrrole nitrogens is 1. The number of halogens is 3. The van der Waals surface area contributed by atoms with E-state index >= 15 is 0 Å². The maximum absolute atomic E-state index is 12.8. The molecule has 3 rings (SSSR count). The monoisotopic (exact) mass is 443 g/mol. The average molecular weight is 443 g/mol. The van der Waals surface area contributed by atoms with Crippen molar-refractivity contribution in [3.8, 4) is 11.5 Å². The van der Waals surface area contributed by atoms with Crippen LogP contribution in [0, 0.1) is 6.92 Å². The van der Waals surface area contributed by atoms with Gasteiger partial charge >= 0.3 is 11.5 Å². The second-order valence-corrected chi connectivity index (χ2v) is 7.70. The smallest absolute Gasteiger partial charge is 0.573 e. The van der Waals surface area contributed by atoms with E-state index in [0.717, 1.165) is 24.1 Å². The minimum Gasteiger partial charge on any atom is -0.609 e. The quantitative estimate of drug-likeness (QED) is 0.399. The van der Waals surface area contributed by atoms with Crippen LogP contribution in [0.5, 0.6) is 11.5 Å². The highest BCUT2D eigenvalue weighted by Crippen LogP contribution is 2.27. The highest BCUT2D eigenvalue weighted by atomic mass is 32.2. The summed E-state index contributed by atoms with van der Waals surface area (Å²) < 4.78 is 64.5. The summed E-state index contributed by atoms with van der Waals surface area (Å²) in [5, 5.41) is 0.141. The van der Waals surface area contributed by atoms with Crippen LogP contribution in [0.25, 0.3) is 11.0 Å². The molecule has 7 nitrogen and oxygen atoms in total. The van der Waals surface area contributed by atoms with Crippen LogP contribution in [0.4, 0.5) is 13.2 Å². The van der Waals surface area contributed by atoms with Crippen molar-refractivity contribution in [3.05, 3.63) is 41.7 Å². The summed E-state index contributed by atoms with van der Waals surface area (Å²) in [5.41, 5.74) is 2.02. The van der Waals surface area contributed by atoms with E-state index in [0.29, 0.717) is 30.2 Å². The zero-order valence-corrected chi connectivity index (χ0v) is 17.1. The lowest BCUT2D eigenvalue weighted by atomic mass is 10.2. The number of imidazole rings is 1.